The maximum absolute atomic E-state index is 5.70. The molecule has 1 aromatic carbocycles. The molecule has 0 unspecified atom stereocenters. The Hall–Kier alpha value is -2.18. The maximum atomic E-state index is 5.70. The Bertz CT molecular complexity index is 676. The molecular weight excluding hydrogens is 288 g/mol. The molecule has 2 N–H and O–H groups in total. The molecule has 0 saturated carbocycles. The number of hydrogen-bond donors (Lipinski definition) is 1. The van der Waals surface area contributed by atoms with Gasteiger partial charge in [0, 0.05) is 11.8 Å². The Labute approximate surface area is 127 Å². The molecule has 0 bridgehead atoms. The second kappa shape index (κ2) is 6.07. The minimum absolute atomic E-state index is 0.270. The number of pyridine rings is 1. The highest BCUT2D eigenvalue weighted by Crippen LogP contribution is 2.32. The van der Waals surface area contributed by atoms with Crippen molar-refractivity contribution in [3.05, 3.63) is 53.3 Å². The van der Waals surface area contributed by atoms with Crippen LogP contribution in [0, 0.1) is 0 Å². The van der Waals surface area contributed by atoms with Crippen LogP contribution in [0.4, 0.5) is 0 Å². The number of nitrogens with two attached hydrogens (primary N) is 1. The molecule has 1 aliphatic heterocycles. The standard InChI is InChI=1S/C15H14N2O3S/c16-15(21)14-11(2-1-5-17-14)8-18-7-10-3-4-12-13(6-10)20-9-19-12/h1-6H,7-9H2,(H2,16,21). The quantitative estimate of drug-likeness (QED) is 0.854. The lowest BCUT2D eigenvalue weighted by molar-refractivity contribution is 0.106. The average molecular weight is 302 g/mol. The lowest BCUT2D eigenvalue weighted by atomic mass is 10.2. The molecule has 5 nitrogen and oxygen atoms in total. The van der Waals surface area contributed by atoms with Gasteiger partial charge in [-0.3, -0.25) is 4.98 Å². The van der Waals surface area contributed by atoms with E-state index in [0.717, 1.165) is 22.6 Å². The number of thiocarbonyl (C=S) groups is 1. The van der Waals surface area contributed by atoms with Crippen molar-refractivity contribution in [3.63, 3.8) is 0 Å². The van der Waals surface area contributed by atoms with E-state index in [4.69, 9.17) is 32.2 Å². The summed E-state index contributed by atoms with van der Waals surface area (Å²) >= 11 is 4.98. The number of fused-ring (bicyclic) bond motifs is 1. The second-order valence-corrected chi connectivity index (χ2v) is 5.00. The summed E-state index contributed by atoms with van der Waals surface area (Å²) in [5, 5.41) is 0. The molecule has 0 atom stereocenters. The molecule has 21 heavy (non-hydrogen) atoms. The van der Waals surface area contributed by atoms with Gasteiger partial charge in [0.05, 0.1) is 13.2 Å². The van der Waals surface area contributed by atoms with Gasteiger partial charge in [-0.1, -0.05) is 24.4 Å². The van der Waals surface area contributed by atoms with Crippen molar-refractivity contribution in [2.75, 3.05) is 6.79 Å². The molecule has 1 aromatic heterocycles. The lowest BCUT2D eigenvalue weighted by Crippen LogP contribution is -2.14. The van der Waals surface area contributed by atoms with Gasteiger partial charge in [0.1, 0.15) is 10.7 Å². The van der Waals surface area contributed by atoms with E-state index in [0.29, 0.717) is 18.9 Å². The highest BCUT2D eigenvalue weighted by Gasteiger charge is 2.13. The van der Waals surface area contributed by atoms with Crippen molar-refractivity contribution in [1.82, 2.24) is 4.98 Å². The van der Waals surface area contributed by atoms with Crippen molar-refractivity contribution < 1.29 is 14.2 Å². The summed E-state index contributed by atoms with van der Waals surface area (Å²) in [7, 11) is 0. The van der Waals surface area contributed by atoms with E-state index in [1.54, 1.807) is 6.20 Å². The van der Waals surface area contributed by atoms with Crippen LogP contribution >= 0.6 is 12.2 Å². The number of nitrogens with zero attached hydrogens (tertiary/aromatic N) is 1. The average Bonchev–Trinajstić information content (AvgIpc) is 2.95. The van der Waals surface area contributed by atoms with Crippen LogP contribution in [0.2, 0.25) is 0 Å². The molecule has 1 aliphatic rings. The van der Waals surface area contributed by atoms with Gasteiger partial charge < -0.3 is 19.9 Å². The van der Waals surface area contributed by atoms with Crippen LogP contribution in [-0.2, 0) is 18.0 Å². The third kappa shape index (κ3) is 3.12. The van der Waals surface area contributed by atoms with Crippen LogP contribution in [0.25, 0.3) is 0 Å². The molecule has 0 aliphatic carbocycles. The maximum Gasteiger partial charge on any atom is 0.231 e. The molecule has 6 heteroatoms. The van der Waals surface area contributed by atoms with Gasteiger partial charge in [0.25, 0.3) is 0 Å². The van der Waals surface area contributed by atoms with Gasteiger partial charge in [-0.25, -0.2) is 0 Å². The fourth-order valence-corrected chi connectivity index (χ4v) is 2.27. The Morgan fingerprint density at radius 3 is 2.95 bits per heavy atom. The van der Waals surface area contributed by atoms with E-state index in [2.05, 4.69) is 4.98 Å². The topological polar surface area (TPSA) is 66.6 Å². The molecule has 0 spiro atoms. The monoisotopic (exact) mass is 302 g/mol. The summed E-state index contributed by atoms with van der Waals surface area (Å²) < 4.78 is 16.3. The minimum Gasteiger partial charge on any atom is -0.454 e. The highest BCUT2D eigenvalue weighted by atomic mass is 32.1. The van der Waals surface area contributed by atoms with Gasteiger partial charge in [0.2, 0.25) is 6.79 Å². The van der Waals surface area contributed by atoms with Crippen LogP contribution in [0.1, 0.15) is 16.8 Å². The molecule has 2 aromatic rings. The van der Waals surface area contributed by atoms with E-state index in [1.165, 1.54) is 0 Å². The van der Waals surface area contributed by atoms with Crippen LogP contribution in [0.5, 0.6) is 11.5 Å². The third-order valence-electron chi connectivity index (χ3n) is 3.09. The highest BCUT2D eigenvalue weighted by molar-refractivity contribution is 7.80. The zero-order valence-corrected chi connectivity index (χ0v) is 12.1. The minimum atomic E-state index is 0.270. The van der Waals surface area contributed by atoms with Crippen LogP contribution in [0.3, 0.4) is 0 Å². The summed E-state index contributed by atoms with van der Waals surface area (Å²) in [6.45, 7) is 1.13. The first-order chi connectivity index (χ1) is 10.2. The first-order valence-electron chi connectivity index (χ1n) is 6.44. The van der Waals surface area contributed by atoms with Gasteiger partial charge in [-0.15, -0.1) is 0 Å². The summed E-state index contributed by atoms with van der Waals surface area (Å²) in [6.07, 6.45) is 1.66. The molecule has 3 rings (SSSR count). The normalized spacial score (nSPS) is 12.4. The molecule has 2 heterocycles. The predicted molar refractivity (Wildman–Crippen MR) is 81.2 cm³/mol. The number of rotatable bonds is 5. The number of benzene rings is 1. The fourth-order valence-electron chi connectivity index (χ4n) is 2.09. The van der Waals surface area contributed by atoms with E-state index < -0.39 is 0 Å². The number of hydrogen-bond acceptors (Lipinski definition) is 5. The lowest BCUT2D eigenvalue weighted by Gasteiger charge is -2.08. The molecule has 0 fully saturated rings. The van der Waals surface area contributed by atoms with Crippen LogP contribution in [0.15, 0.2) is 36.5 Å². The summed E-state index contributed by atoms with van der Waals surface area (Å²) in [5.41, 5.74) is 8.15. The van der Waals surface area contributed by atoms with Crippen molar-refractivity contribution in [2.24, 2.45) is 5.73 Å². The first kappa shape index (κ1) is 13.8. The fraction of sp³-hybridized carbons (Fsp3) is 0.200. The smallest absolute Gasteiger partial charge is 0.231 e. The second-order valence-electron chi connectivity index (χ2n) is 4.56. The van der Waals surface area contributed by atoms with E-state index in [-0.39, 0.29) is 11.8 Å². The van der Waals surface area contributed by atoms with E-state index >= 15 is 0 Å². The van der Waals surface area contributed by atoms with Crippen molar-refractivity contribution in [2.45, 2.75) is 13.2 Å². The molecule has 0 saturated heterocycles. The first-order valence-corrected chi connectivity index (χ1v) is 6.85. The summed E-state index contributed by atoms with van der Waals surface area (Å²) in [5.74, 6) is 1.52. The number of aromatic nitrogens is 1. The molecule has 108 valence electrons. The summed E-state index contributed by atoms with van der Waals surface area (Å²) in [4.78, 5) is 4.44. The van der Waals surface area contributed by atoms with Crippen molar-refractivity contribution in [1.29, 1.82) is 0 Å². The van der Waals surface area contributed by atoms with Gasteiger partial charge >= 0.3 is 0 Å². The summed E-state index contributed by atoms with van der Waals surface area (Å²) in [6, 6.07) is 9.49. The van der Waals surface area contributed by atoms with Crippen LogP contribution < -0.4 is 15.2 Å². The van der Waals surface area contributed by atoms with E-state index in [1.807, 2.05) is 30.3 Å². The zero-order valence-electron chi connectivity index (χ0n) is 11.2. The molecular formula is C15H14N2O3S. The Balaban J connectivity index is 1.63. The number of ether oxygens (including phenoxy) is 3. The Kier molecular flexibility index (Phi) is 3.98. The van der Waals surface area contributed by atoms with Crippen LogP contribution in [-0.4, -0.2) is 16.8 Å². The predicted octanol–water partition coefficient (Wildman–Crippen LogP) is 2.16. The van der Waals surface area contributed by atoms with Gasteiger partial charge in [-0.05, 0) is 23.8 Å². The van der Waals surface area contributed by atoms with Gasteiger partial charge in [-0.2, -0.15) is 0 Å². The van der Waals surface area contributed by atoms with E-state index in [9.17, 15) is 0 Å². The van der Waals surface area contributed by atoms with Gasteiger partial charge in [0.15, 0.2) is 11.5 Å². The molecule has 0 radical (unpaired) electrons. The Morgan fingerprint density at radius 1 is 1.24 bits per heavy atom. The largest absolute Gasteiger partial charge is 0.454 e. The Morgan fingerprint density at radius 2 is 2.10 bits per heavy atom. The zero-order chi connectivity index (χ0) is 14.7. The SMILES string of the molecule is NC(=S)c1ncccc1COCc1ccc2c(c1)OCO2. The van der Waals surface area contributed by atoms with Crippen molar-refractivity contribution >= 4 is 17.2 Å². The molecule has 0 amide bonds. The van der Waals surface area contributed by atoms with Crippen molar-refractivity contribution in [3.8, 4) is 11.5 Å². The third-order valence-corrected chi connectivity index (χ3v) is 3.28.